The van der Waals surface area contributed by atoms with Crippen molar-refractivity contribution in [3.63, 3.8) is 0 Å². The summed E-state index contributed by atoms with van der Waals surface area (Å²) in [4.78, 5) is 24.7. The predicted octanol–water partition coefficient (Wildman–Crippen LogP) is 5.39. The zero-order valence-corrected chi connectivity index (χ0v) is 17.0. The number of hydrogen-bond acceptors (Lipinski definition) is 3. The highest BCUT2D eigenvalue weighted by Crippen LogP contribution is 2.45. The number of allylic oxidation sites excluding steroid dienone is 2. The number of rotatable bonds is 4. The third kappa shape index (κ3) is 3.85. The van der Waals surface area contributed by atoms with E-state index < -0.39 is 0 Å². The van der Waals surface area contributed by atoms with Crippen LogP contribution < -0.4 is 0 Å². The number of ether oxygens (including phenoxy) is 1. The monoisotopic (exact) mass is 416 g/mol. The first-order valence-corrected chi connectivity index (χ1v) is 10.00. The summed E-state index contributed by atoms with van der Waals surface area (Å²) in [6, 6.07) is 7.70. The molecule has 2 aliphatic carbocycles. The number of hydrogen-bond donors (Lipinski definition) is 0. The Hall–Kier alpha value is -1.68. The van der Waals surface area contributed by atoms with E-state index in [1.165, 1.54) is 5.57 Å². The van der Waals surface area contributed by atoms with E-state index in [2.05, 4.69) is 29.4 Å². The standard InChI is InChI=1S/C22H25BrO3/c1-13-8-9-16(10-19-15(3)21(24)11-18(13)19)14(2)22(25)26-12-17-6-4-5-7-20(17)23/h4-7,13,16,18H,2,8-12H2,1,3H3/t13?,16-,18-/m0/s1. The summed E-state index contributed by atoms with van der Waals surface area (Å²) in [5.41, 5.74) is 3.61. The fourth-order valence-corrected chi connectivity index (χ4v) is 4.53. The molecule has 1 aromatic rings. The molecule has 1 aromatic carbocycles. The van der Waals surface area contributed by atoms with Gasteiger partial charge in [-0.25, -0.2) is 4.79 Å². The molecule has 0 spiro atoms. The molecule has 0 N–H and O–H groups in total. The Balaban J connectivity index is 1.68. The summed E-state index contributed by atoms with van der Waals surface area (Å²) in [7, 11) is 0. The van der Waals surface area contributed by atoms with E-state index in [1.54, 1.807) is 0 Å². The minimum atomic E-state index is -0.334. The summed E-state index contributed by atoms with van der Waals surface area (Å²) in [6.07, 6.45) is 3.32. The lowest BCUT2D eigenvalue weighted by Gasteiger charge is -2.19. The van der Waals surface area contributed by atoms with Crippen LogP contribution in [0, 0.1) is 17.8 Å². The molecule has 1 unspecified atom stereocenters. The van der Waals surface area contributed by atoms with Gasteiger partial charge in [-0.05, 0) is 55.6 Å². The quantitative estimate of drug-likeness (QED) is 0.487. The summed E-state index contributed by atoms with van der Waals surface area (Å²) in [5.74, 6) is 0.807. The number of benzene rings is 1. The third-order valence-corrected chi connectivity index (χ3v) is 6.72. The molecule has 138 valence electrons. The predicted molar refractivity (Wildman–Crippen MR) is 105 cm³/mol. The second kappa shape index (κ2) is 7.91. The summed E-state index contributed by atoms with van der Waals surface area (Å²) >= 11 is 3.47. The normalized spacial score (nSPS) is 25.7. The van der Waals surface area contributed by atoms with Crippen LogP contribution in [0.1, 0.15) is 45.1 Å². The van der Waals surface area contributed by atoms with Crippen LogP contribution in [0.5, 0.6) is 0 Å². The molecule has 1 fully saturated rings. The van der Waals surface area contributed by atoms with Crippen molar-refractivity contribution in [2.24, 2.45) is 17.8 Å². The van der Waals surface area contributed by atoms with E-state index in [4.69, 9.17) is 4.74 Å². The van der Waals surface area contributed by atoms with Crippen molar-refractivity contribution in [3.8, 4) is 0 Å². The van der Waals surface area contributed by atoms with Crippen LogP contribution in [-0.4, -0.2) is 11.8 Å². The maximum atomic E-state index is 12.5. The van der Waals surface area contributed by atoms with Crippen LogP contribution in [0.15, 0.2) is 52.0 Å². The van der Waals surface area contributed by atoms with E-state index in [9.17, 15) is 9.59 Å². The lowest BCUT2D eigenvalue weighted by atomic mass is 9.86. The van der Waals surface area contributed by atoms with Crippen LogP contribution >= 0.6 is 15.9 Å². The van der Waals surface area contributed by atoms with Gasteiger partial charge in [-0.3, -0.25) is 4.79 Å². The van der Waals surface area contributed by atoms with E-state index in [-0.39, 0.29) is 24.3 Å². The number of Topliss-reactive ketones (excluding diaryl/α,β-unsaturated/α-hetero) is 1. The van der Waals surface area contributed by atoms with Gasteiger partial charge in [-0.15, -0.1) is 0 Å². The van der Waals surface area contributed by atoms with Crippen molar-refractivity contribution in [1.29, 1.82) is 0 Å². The van der Waals surface area contributed by atoms with Crippen LogP contribution in [0.4, 0.5) is 0 Å². The van der Waals surface area contributed by atoms with Crippen LogP contribution in [-0.2, 0) is 20.9 Å². The summed E-state index contributed by atoms with van der Waals surface area (Å²) in [5, 5.41) is 0. The average Bonchev–Trinajstić information content (AvgIpc) is 2.81. The Kier molecular flexibility index (Phi) is 5.81. The second-order valence-corrected chi connectivity index (χ2v) is 8.39. The molecule has 0 amide bonds. The highest BCUT2D eigenvalue weighted by atomic mass is 79.9. The molecule has 0 aliphatic heterocycles. The molecule has 2 aliphatic rings. The molecule has 3 rings (SSSR count). The summed E-state index contributed by atoms with van der Waals surface area (Å²) < 4.78 is 6.43. The molecular weight excluding hydrogens is 392 g/mol. The van der Waals surface area contributed by atoms with Gasteiger partial charge in [-0.1, -0.05) is 53.2 Å². The molecular formula is C22H25BrO3. The van der Waals surface area contributed by atoms with Gasteiger partial charge in [0.05, 0.1) is 0 Å². The zero-order valence-electron chi connectivity index (χ0n) is 15.4. The number of carbonyl (C=O) groups is 2. The topological polar surface area (TPSA) is 43.4 Å². The summed E-state index contributed by atoms with van der Waals surface area (Å²) in [6.45, 7) is 8.42. The van der Waals surface area contributed by atoms with Gasteiger partial charge in [0.15, 0.2) is 5.78 Å². The Bertz CT molecular complexity index is 777. The fraction of sp³-hybridized carbons (Fsp3) is 0.455. The van der Waals surface area contributed by atoms with Crippen molar-refractivity contribution in [3.05, 3.63) is 57.6 Å². The lowest BCUT2D eigenvalue weighted by molar-refractivity contribution is -0.141. The lowest BCUT2D eigenvalue weighted by Crippen LogP contribution is -2.16. The van der Waals surface area contributed by atoms with Crippen LogP contribution in [0.3, 0.4) is 0 Å². The van der Waals surface area contributed by atoms with Crippen LogP contribution in [0.2, 0.25) is 0 Å². The molecule has 0 heterocycles. The Morgan fingerprint density at radius 1 is 1.27 bits per heavy atom. The first kappa shape index (κ1) is 19.1. The fourth-order valence-electron chi connectivity index (χ4n) is 4.13. The number of esters is 1. The van der Waals surface area contributed by atoms with Crippen molar-refractivity contribution < 1.29 is 14.3 Å². The third-order valence-electron chi connectivity index (χ3n) is 5.95. The van der Waals surface area contributed by atoms with Crippen molar-refractivity contribution in [2.75, 3.05) is 0 Å². The molecule has 4 heteroatoms. The molecule has 0 aromatic heterocycles. The smallest absolute Gasteiger partial charge is 0.334 e. The molecule has 0 bridgehead atoms. The maximum absolute atomic E-state index is 12.5. The molecule has 26 heavy (non-hydrogen) atoms. The van der Waals surface area contributed by atoms with Gasteiger partial charge in [0.25, 0.3) is 0 Å². The minimum absolute atomic E-state index is 0.0602. The van der Waals surface area contributed by atoms with E-state index in [0.717, 1.165) is 34.9 Å². The Morgan fingerprint density at radius 3 is 2.73 bits per heavy atom. The van der Waals surface area contributed by atoms with Crippen molar-refractivity contribution in [1.82, 2.24) is 0 Å². The minimum Gasteiger partial charge on any atom is -0.457 e. The number of fused-ring (bicyclic) bond motifs is 1. The molecule has 0 radical (unpaired) electrons. The van der Waals surface area contributed by atoms with E-state index in [0.29, 0.717) is 23.8 Å². The van der Waals surface area contributed by atoms with Gasteiger partial charge in [0.2, 0.25) is 0 Å². The highest BCUT2D eigenvalue weighted by Gasteiger charge is 2.38. The van der Waals surface area contributed by atoms with E-state index in [1.807, 2.05) is 31.2 Å². The highest BCUT2D eigenvalue weighted by molar-refractivity contribution is 9.10. The molecule has 3 nitrogen and oxygen atoms in total. The number of ketones is 1. The SMILES string of the molecule is C=C(C(=O)OCc1ccccc1Br)[C@H]1CCC(C)[C@@H]2CC(=O)C(C)=C2C1. The van der Waals surface area contributed by atoms with Crippen LogP contribution in [0.25, 0.3) is 0 Å². The first-order valence-electron chi connectivity index (χ1n) is 9.20. The van der Waals surface area contributed by atoms with Crippen molar-refractivity contribution >= 4 is 27.7 Å². The molecule has 1 saturated carbocycles. The second-order valence-electron chi connectivity index (χ2n) is 7.53. The zero-order chi connectivity index (χ0) is 18.8. The van der Waals surface area contributed by atoms with Gasteiger partial charge in [0.1, 0.15) is 6.61 Å². The maximum Gasteiger partial charge on any atom is 0.334 e. The average molecular weight is 417 g/mol. The van der Waals surface area contributed by atoms with Gasteiger partial charge in [-0.2, -0.15) is 0 Å². The number of carbonyl (C=O) groups excluding carboxylic acids is 2. The van der Waals surface area contributed by atoms with Gasteiger partial charge >= 0.3 is 5.97 Å². The largest absolute Gasteiger partial charge is 0.457 e. The Morgan fingerprint density at radius 2 is 2.00 bits per heavy atom. The number of halogens is 1. The molecule has 0 saturated heterocycles. The first-order chi connectivity index (χ1) is 12.4. The van der Waals surface area contributed by atoms with Gasteiger partial charge in [0, 0.05) is 22.0 Å². The molecule has 3 atom stereocenters. The Labute approximate surface area is 163 Å². The van der Waals surface area contributed by atoms with Crippen molar-refractivity contribution in [2.45, 2.75) is 46.1 Å². The van der Waals surface area contributed by atoms with Gasteiger partial charge < -0.3 is 4.74 Å². The van der Waals surface area contributed by atoms with E-state index >= 15 is 0 Å².